The molecule has 15 heteroatoms. The molecule has 6 atom stereocenters. The van der Waals surface area contributed by atoms with Gasteiger partial charge in [-0.15, -0.1) is 0 Å². The molecule has 210 valence electrons. The van der Waals surface area contributed by atoms with Gasteiger partial charge >= 0.3 is 19.3 Å². The van der Waals surface area contributed by atoms with E-state index in [1.54, 1.807) is 19.9 Å². The molecule has 0 spiro atoms. The van der Waals surface area contributed by atoms with Crippen molar-refractivity contribution < 1.29 is 48.9 Å². The minimum Gasteiger partial charge on any atom is -0.463 e. The highest BCUT2D eigenvalue weighted by molar-refractivity contribution is 7.54. The van der Waals surface area contributed by atoms with E-state index in [1.807, 2.05) is 0 Å². The number of benzene rings is 1. The zero-order chi connectivity index (χ0) is 30.0. The second-order valence-corrected chi connectivity index (χ2v) is 10.8. The van der Waals surface area contributed by atoms with Crippen molar-refractivity contribution >= 4 is 19.4 Å². The number of aliphatic hydroxyl groups excluding tert-OH is 1. The summed E-state index contributed by atoms with van der Waals surface area (Å²) >= 11 is 0. The molecule has 1 aliphatic rings. The molecule has 1 fully saturated rings. The number of nitrogens with zero attached hydrogens (tertiary/aromatic N) is 2. The van der Waals surface area contributed by atoms with Crippen LogP contribution in [0.1, 0.15) is 29.7 Å². The first-order valence-electron chi connectivity index (χ1n) is 12.4. The molecule has 0 amide bonds. The summed E-state index contributed by atoms with van der Waals surface area (Å²) in [5.41, 5.74) is 0.326. The number of anilines is 1. The molecule has 1 unspecified atom stereocenters. The Labute approximate surface area is 219 Å². The first-order valence-corrected chi connectivity index (χ1v) is 13.1. The molecule has 11 nitrogen and oxygen atoms in total. The van der Waals surface area contributed by atoms with E-state index in [1.165, 1.54) is 31.2 Å². The fraction of sp³-hybridized carbons (Fsp3) is 0.522. The van der Waals surface area contributed by atoms with E-state index in [9.17, 15) is 28.0 Å². The van der Waals surface area contributed by atoms with Crippen LogP contribution in [0.4, 0.5) is 19.0 Å². The third kappa shape index (κ3) is 6.55. The number of nitrogen functional groups attached to an aromatic ring is 1. The normalized spacial score (nSPS) is 26.8. The monoisotopic (exact) mass is 565 g/mol. The molecule has 2 heterocycles. The molecular weight excluding hydrogens is 534 g/mol. The van der Waals surface area contributed by atoms with Gasteiger partial charge in [-0.05, 0) is 26.0 Å². The third-order valence-corrected chi connectivity index (χ3v) is 7.27. The second kappa shape index (κ2) is 11.9. The maximum atomic E-state index is 15.7. The van der Waals surface area contributed by atoms with Crippen molar-refractivity contribution in [3.8, 4) is 5.75 Å². The number of esters is 1. The standard InChI is InChI=1S/C23H29F3N3O8P/c1-13(2)35-20(31)14(3)11-38(33,37-15-7-5-4-6-8-15)34-10-17-18(30)23(26,12-24)21(36-17)29-9-16(25)19(27)28-22(29)32/h4-9,13-14,17-18,21,30H,10-12H2,1-3H3,(H2,27,28,32)/t14-,17-,18+,21-,23?,38+/m1/s1/i10D2. The maximum absolute atomic E-state index is 15.7. The fourth-order valence-electron chi connectivity index (χ4n) is 3.51. The van der Waals surface area contributed by atoms with Crippen LogP contribution >= 0.6 is 7.60 Å². The van der Waals surface area contributed by atoms with Gasteiger partial charge in [0.25, 0.3) is 0 Å². The topological polar surface area (TPSA) is 152 Å². The van der Waals surface area contributed by atoms with Crippen LogP contribution in [0.3, 0.4) is 0 Å². The van der Waals surface area contributed by atoms with Crippen LogP contribution in [0.15, 0.2) is 41.3 Å². The molecule has 1 saturated heterocycles. The lowest BCUT2D eigenvalue weighted by Crippen LogP contribution is -2.47. The molecule has 0 bridgehead atoms. The Hall–Kier alpha value is -2.93. The number of halogens is 3. The zero-order valence-corrected chi connectivity index (χ0v) is 21.5. The van der Waals surface area contributed by atoms with Crippen molar-refractivity contribution in [3.05, 3.63) is 52.8 Å². The van der Waals surface area contributed by atoms with Gasteiger partial charge in [0.1, 0.15) is 24.6 Å². The summed E-state index contributed by atoms with van der Waals surface area (Å²) in [5.74, 6) is -4.14. The van der Waals surface area contributed by atoms with Gasteiger partial charge in [-0.3, -0.25) is 13.9 Å². The van der Waals surface area contributed by atoms with Crippen molar-refractivity contribution in [2.24, 2.45) is 5.92 Å². The van der Waals surface area contributed by atoms with Gasteiger partial charge in [0.05, 0.1) is 33.7 Å². The summed E-state index contributed by atoms with van der Waals surface area (Å²) in [6.45, 7) is -0.920. The van der Waals surface area contributed by atoms with Gasteiger partial charge in [-0.2, -0.15) is 4.98 Å². The predicted octanol–water partition coefficient (Wildman–Crippen LogP) is 2.78. The number of para-hydroxylation sites is 1. The van der Waals surface area contributed by atoms with Gasteiger partial charge in [0, 0.05) is 0 Å². The minimum absolute atomic E-state index is 0.0459. The molecule has 1 aromatic carbocycles. The van der Waals surface area contributed by atoms with Crippen LogP contribution in [0, 0.1) is 11.7 Å². The zero-order valence-electron chi connectivity index (χ0n) is 22.6. The lowest BCUT2D eigenvalue weighted by Gasteiger charge is -2.26. The first-order chi connectivity index (χ1) is 18.5. The highest BCUT2D eigenvalue weighted by Gasteiger charge is 2.59. The number of hydrogen-bond acceptors (Lipinski definition) is 10. The molecule has 0 saturated carbocycles. The van der Waals surface area contributed by atoms with Crippen molar-refractivity contribution in [1.82, 2.24) is 9.55 Å². The number of nitrogens with two attached hydrogens (primary N) is 1. The van der Waals surface area contributed by atoms with Crippen LogP contribution in [0.5, 0.6) is 5.75 Å². The number of aromatic nitrogens is 2. The molecule has 1 aliphatic heterocycles. The highest BCUT2D eigenvalue weighted by atomic mass is 31.2. The highest BCUT2D eigenvalue weighted by Crippen LogP contribution is 2.51. The Bertz CT molecular complexity index is 1320. The molecule has 38 heavy (non-hydrogen) atoms. The third-order valence-electron chi connectivity index (χ3n) is 5.40. The number of rotatable bonds is 11. The molecule has 3 rings (SSSR count). The molecule has 0 radical (unpaired) electrons. The smallest absolute Gasteiger partial charge is 0.380 e. The van der Waals surface area contributed by atoms with Gasteiger partial charge in [0.15, 0.2) is 17.9 Å². The summed E-state index contributed by atoms with van der Waals surface area (Å²) < 4.78 is 95.4. The lowest BCUT2D eigenvalue weighted by atomic mass is 9.97. The quantitative estimate of drug-likeness (QED) is 0.307. The van der Waals surface area contributed by atoms with E-state index < -0.39 is 86.4 Å². The Morgan fingerprint density at radius 2 is 2.03 bits per heavy atom. The van der Waals surface area contributed by atoms with Crippen LogP contribution in [0.25, 0.3) is 0 Å². The number of carbonyl (C=O) groups excluding carboxylic acids is 1. The molecule has 1 aromatic heterocycles. The van der Waals surface area contributed by atoms with E-state index in [0.717, 1.165) is 0 Å². The SMILES string of the molecule is [2H]C([2H])(O[P@@](=O)(C[C@@H](C)C(=O)OC(C)C)Oc1ccccc1)[C@H]1O[C@@H](n2cc(F)c(N)nc2=O)C(F)(CF)[C@H]1O. The summed E-state index contributed by atoms with van der Waals surface area (Å²) in [6, 6.07) is 7.36. The summed E-state index contributed by atoms with van der Waals surface area (Å²) in [5, 5.41) is 10.6. The van der Waals surface area contributed by atoms with Crippen molar-refractivity contribution in [1.29, 1.82) is 0 Å². The molecule has 3 N–H and O–H groups in total. The number of alkyl halides is 2. The Balaban J connectivity index is 1.97. The minimum atomic E-state index is -4.70. The molecular formula is C23H29F3N3O8P. The summed E-state index contributed by atoms with van der Waals surface area (Å²) in [7, 11) is -4.70. The van der Waals surface area contributed by atoms with Crippen LogP contribution in [-0.2, 0) is 23.4 Å². The number of aliphatic hydroxyl groups is 1. The number of carbonyl (C=O) groups is 1. The van der Waals surface area contributed by atoms with Crippen molar-refractivity contribution in [2.75, 3.05) is 25.1 Å². The Morgan fingerprint density at radius 3 is 2.63 bits per heavy atom. The van der Waals surface area contributed by atoms with Crippen LogP contribution in [-0.4, -0.2) is 64.0 Å². The van der Waals surface area contributed by atoms with E-state index in [-0.39, 0.29) is 10.3 Å². The van der Waals surface area contributed by atoms with E-state index in [4.69, 9.17) is 27.0 Å². The molecule has 2 aromatic rings. The van der Waals surface area contributed by atoms with E-state index >= 15 is 4.39 Å². The van der Waals surface area contributed by atoms with Crippen LogP contribution < -0.4 is 15.9 Å². The Morgan fingerprint density at radius 1 is 1.37 bits per heavy atom. The summed E-state index contributed by atoms with van der Waals surface area (Å²) in [6.07, 6.45) is -8.42. The van der Waals surface area contributed by atoms with E-state index in [2.05, 4.69) is 4.98 Å². The second-order valence-electron chi connectivity index (χ2n) is 8.87. The average Bonchev–Trinajstić information content (AvgIpc) is 3.12. The summed E-state index contributed by atoms with van der Waals surface area (Å²) in [4.78, 5) is 27.8. The first kappa shape index (κ1) is 26.7. The molecule has 0 aliphatic carbocycles. The van der Waals surface area contributed by atoms with Gasteiger partial charge in [-0.1, -0.05) is 25.1 Å². The van der Waals surface area contributed by atoms with Crippen molar-refractivity contribution in [3.63, 3.8) is 0 Å². The van der Waals surface area contributed by atoms with Crippen LogP contribution in [0.2, 0.25) is 0 Å². The largest absolute Gasteiger partial charge is 0.463 e. The number of hydrogen-bond donors (Lipinski definition) is 2. The predicted molar refractivity (Wildman–Crippen MR) is 128 cm³/mol. The van der Waals surface area contributed by atoms with Gasteiger partial charge < -0.3 is 24.8 Å². The number of ether oxygens (including phenoxy) is 2. The van der Waals surface area contributed by atoms with Crippen molar-refractivity contribution in [2.45, 2.75) is 51.0 Å². The maximum Gasteiger partial charge on any atom is 0.380 e. The lowest BCUT2D eigenvalue weighted by molar-refractivity contribution is -0.151. The fourth-order valence-corrected chi connectivity index (χ4v) is 5.22. The van der Waals surface area contributed by atoms with Gasteiger partial charge in [-0.25, -0.2) is 22.5 Å². The Kier molecular flexibility index (Phi) is 8.32. The van der Waals surface area contributed by atoms with E-state index in [0.29, 0.717) is 6.20 Å². The average molecular weight is 565 g/mol. The van der Waals surface area contributed by atoms with Gasteiger partial charge in [0.2, 0.25) is 5.67 Å².